The van der Waals surface area contributed by atoms with E-state index in [1.807, 2.05) is 41.9 Å². The molecule has 0 unspecified atom stereocenters. The van der Waals surface area contributed by atoms with Crippen molar-refractivity contribution in [3.63, 3.8) is 0 Å². The summed E-state index contributed by atoms with van der Waals surface area (Å²) in [4.78, 5) is 0. The summed E-state index contributed by atoms with van der Waals surface area (Å²) in [5, 5.41) is 9.04. The highest BCUT2D eigenvalue weighted by atomic mass is 32.2. The van der Waals surface area contributed by atoms with E-state index < -0.39 is 0 Å². The van der Waals surface area contributed by atoms with E-state index in [9.17, 15) is 4.39 Å². The topological polar surface area (TPSA) is 39.9 Å². The smallest absolute Gasteiger partial charge is 0.191 e. The number of para-hydroxylation sites is 1. The molecule has 1 heterocycles. The predicted molar refractivity (Wildman–Crippen MR) is 93.7 cm³/mol. The maximum Gasteiger partial charge on any atom is 0.191 e. The Bertz CT molecular complexity index is 792. The van der Waals surface area contributed by atoms with Gasteiger partial charge in [-0.25, -0.2) is 4.39 Å². The van der Waals surface area contributed by atoms with Crippen LogP contribution >= 0.6 is 11.8 Å². The lowest BCUT2D eigenvalue weighted by atomic mass is 10.2. The zero-order valence-corrected chi connectivity index (χ0v) is 14.2. The molecule has 0 atom stereocenters. The SMILES string of the molecule is Cn1c(SCCCOc2ccccc2)nnc1-c1ccccc1F. The standard InChI is InChI=1S/C18H18FN3OS/c1-22-17(15-10-5-6-11-16(15)19)20-21-18(22)24-13-7-12-23-14-8-3-2-4-9-14/h2-6,8-11H,7,12-13H2,1H3. The van der Waals surface area contributed by atoms with E-state index in [4.69, 9.17) is 4.74 Å². The van der Waals surface area contributed by atoms with E-state index in [0.717, 1.165) is 23.1 Å². The maximum atomic E-state index is 13.9. The van der Waals surface area contributed by atoms with Gasteiger partial charge in [-0.1, -0.05) is 42.1 Å². The monoisotopic (exact) mass is 343 g/mol. The van der Waals surface area contributed by atoms with Crippen LogP contribution in [0.4, 0.5) is 4.39 Å². The number of nitrogens with zero attached hydrogens (tertiary/aromatic N) is 3. The zero-order chi connectivity index (χ0) is 16.8. The van der Waals surface area contributed by atoms with Gasteiger partial charge in [-0.05, 0) is 30.7 Å². The first-order chi connectivity index (χ1) is 11.8. The molecule has 3 aromatic rings. The van der Waals surface area contributed by atoms with Crippen molar-refractivity contribution in [2.24, 2.45) is 7.05 Å². The highest BCUT2D eigenvalue weighted by molar-refractivity contribution is 7.99. The molecule has 24 heavy (non-hydrogen) atoms. The molecule has 0 bridgehead atoms. The lowest BCUT2D eigenvalue weighted by Gasteiger charge is -2.06. The highest BCUT2D eigenvalue weighted by Gasteiger charge is 2.14. The summed E-state index contributed by atoms with van der Waals surface area (Å²) in [6, 6.07) is 16.3. The predicted octanol–water partition coefficient (Wildman–Crippen LogP) is 4.18. The van der Waals surface area contributed by atoms with Gasteiger partial charge in [0, 0.05) is 12.8 Å². The second-order valence-corrected chi connectivity index (χ2v) is 6.27. The number of aromatic nitrogens is 3. The van der Waals surface area contributed by atoms with E-state index in [1.165, 1.54) is 6.07 Å². The average molecular weight is 343 g/mol. The van der Waals surface area contributed by atoms with Gasteiger partial charge < -0.3 is 9.30 Å². The fourth-order valence-corrected chi connectivity index (χ4v) is 3.07. The van der Waals surface area contributed by atoms with E-state index in [-0.39, 0.29) is 5.82 Å². The van der Waals surface area contributed by atoms with Crippen molar-refractivity contribution in [2.75, 3.05) is 12.4 Å². The first-order valence-electron chi connectivity index (χ1n) is 7.70. The first-order valence-corrected chi connectivity index (χ1v) is 8.69. The minimum Gasteiger partial charge on any atom is -0.494 e. The Morgan fingerprint density at radius 2 is 1.79 bits per heavy atom. The molecule has 0 aliphatic carbocycles. The van der Waals surface area contributed by atoms with Crippen molar-refractivity contribution < 1.29 is 9.13 Å². The van der Waals surface area contributed by atoms with E-state index >= 15 is 0 Å². The highest BCUT2D eigenvalue weighted by Crippen LogP contribution is 2.24. The molecular formula is C18H18FN3OS. The molecule has 1 aromatic heterocycles. The number of benzene rings is 2. The molecule has 4 nitrogen and oxygen atoms in total. The third-order valence-electron chi connectivity index (χ3n) is 3.48. The normalized spacial score (nSPS) is 10.8. The summed E-state index contributed by atoms with van der Waals surface area (Å²) in [7, 11) is 1.85. The first kappa shape index (κ1) is 16.5. The van der Waals surface area contributed by atoms with Crippen LogP contribution in [0.15, 0.2) is 59.8 Å². The van der Waals surface area contributed by atoms with E-state index in [0.29, 0.717) is 18.0 Å². The third-order valence-corrected chi connectivity index (χ3v) is 4.59. The number of halogens is 1. The van der Waals surface area contributed by atoms with Crippen molar-refractivity contribution in [1.82, 2.24) is 14.8 Å². The van der Waals surface area contributed by atoms with Gasteiger partial charge in [0.05, 0.1) is 12.2 Å². The molecule has 6 heteroatoms. The van der Waals surface area contributed by atoms with Gasteiger partial charge in [-0.2, -0.15) is 0 Å². The fraction of sp³-hybridized carbons (Fsp3) is 0.222. The summed E-state index contributed by atoms with van der Waals surface area (Å²) < 4.78 is 21.4. The molecule has 0 fully saturated rings. The summed E-state index contributed by atoms with van der Waals surface area (Å²) in [5.74, 6) is 1.98. The van der Waals surface area contributed by atoms with Crippen LogP contribution in [0, 0.1) is 5.82 Å². The summed E-state index contributed by atoms with van der Waals surface area (Å²) >= 11 is 1.59. The molecule has 0 radical (unpaired) electrons. The minimum absolute atomic E-state index is 0.291. The van der Waals surface area contributed by atoms with Crippen molar-refractivity contribution >= 4 is 11.8 Å². The maximum absolute atomic E-state index is 13.9. The van der Waals surface area contributed by atoms with Gasteiger partial charge in [0.25, 0.3) is 0 Å². The Morgan fingerprint density at radius 3 is 2.58 bits per heavy atom. The quantitative estimate of drug-likeness (QED) is 0.476. The van der Waals surface area contributed by atoms with Crippen LogP contribution < -0.4 is 4.74 Å². The van der Waals surface area contributed by atoms with Gasteiger partial charge in [-0.3, -0.25) is 0 Å². The Labute approximate surface area is 144 Å². The Balaban J connectivity index is 1.52. The number of hydrogen-bond donors (Lipinski definition) is 0. The number of rotatable bonds is 7. The van der Waals surface area contributed by atoms with Crippen molar-refractivity contribution in [1.29, 1.82) is 0 Å². The molecule has 2 aromatic carbocycles. The average Bonchev–Trinajstić information content (AvgIpc) is 2.97. The van der Waals surface area contributed by atoms with Gasteiger partial charge in [-0.15, -0.1) is 10.2 Å². The van der Waals surface area contributed by atoms with Crippen molar-refractivity contribution in [3.05, 3.63) is 60.4 Å². The van der Waals surface area contributed by atoms with E-state index in [2.05, 4.69) is 10.2 Å². The second kappa shape index (κ2) is 7.97. The minimum atomic E-state index is -0.291. The van der Waals surface area contributed by atoms with E-state index in [1.54, 1.807) is 30.0 Å². The van der Waals surface area contributed by atoms with Crippen LogP contribution in [0.5, 0.6) is 5.75 Å². The third kappa shape index (κ3) is 3.94. The molecule has 0 saturated carbocycles. The van der Waals surface area contributed by atoms with Gasteiger partial charge >= 0.3 is 0 Å². The molecule has 3 rings (SSSR count). The molecule has 0 aliphatic rings. The summed E-state index contributed by atoms with van der Waals surface area (Å²) in [5.41, 5.74) is 0.465. The Hall–Kier alpha value is -2.34. The molecule has 124 valence electrons. The summed E-state index contributed by atoms with van der Waals surface area (Å²) in [6.07, 6.45) is 0.890. The molecule has 0 aliphatic heterocycles. The van der Waals surface area contributed by atoms with Crippen LogP contribution in [0.3, 0.4) is 0 Å². The molecule has 0 N–H and O–H groups in total. The Morgan fingerprint density at radius 1 is 1.04 bits per heavy atom. The largest absolute Gasteiger partial charge is 0.494 e. The van der Waals surface area contributed by atoms with Crippen LogP contribution in [0.1, 0.15) is 6.42 Å². The summed E-state index contributed by atoms with van der Waals surface area (Å²) in [6.45, 7) is 0.648. The molecule has 0 spiro atoms. The lowest BCUT2D eigenvalue weighted by molar-refractivity contribution is 0.318. The van der Waals surface area contributed by atoms with Crippen LogP contribution in [0.25, 0.3) is 11.4 Å². The number of thioether (sulfide) groups is 1. The number of ether oxygens (including phenoxy) is 1. The Kier molecular flexibility index (Phi) is 5.48. The van der Waals surface area contributed by atoms with Crippen LogP contribution in [0.2, 0.25) is 0 Å². The van der Waals surface area contributed by atoms with Crippen molar-refractivity contribution in [3.8, 4) is 17.1 Å². The molecular weight excluding hydrogens is 325 g/mol. The van der Waals surface area contributed by atoms with Gasteiger partial charge in [0.15, 0.2) is 11.0 Å². The van der Waals surface area contributed by atoms with Gasteiger partial charge in [0.2, 0.25) is 0 Å². The molecule has 0 amide bonds. The van der Waals surface area contributed by atoms with Gasteiger partial charge in [0.1, 0.15) is 11.6 Å². The zero-order valence-electron chi connectivity index (χ0n) is 13.4. The van der Waals surface area contributed by atoms with Crippen LogP contribution in [-0.2, 0) is 7.05 Å². The number of hydrogen-bond acceptors (Lipinski definition) is 4. The fourth-order valence-electron chi connectivity index (χ4n) is 2.25. The second-order valence-electron chi connectivity index (χ2n) is 5.21. The van der Waals surface area contributed by atoms with Crippen molar-refractivity contribution in [2.45, 2.75) is 11.6 Å². The van der Waals surface area contributed by atoms with Crippen LogP contribution in [-0.4, -0.2) is 27.1 Å². The lowest BCUT2D eigenvalue weighted by Crippen LogP contribution is -2.00. The molecule has 0 saturated heterocycles.